The maximum absolute atomic E-state index is 14.2. The van der Waals surface area contributed by atoms with Crippen molar-refractivity contribution in [1.82, 2.24) is 31.1 Å². The molecular weight excluding hydrogens is 706 g/mol. The van der Waals surface area contributed by atoms with Gasteiger partial charge in [0.05, 0.1) is 12.6 Å². The number of fused-ring (bicyclic) bond motifs is 1. The van der Waals surface area contributed by atoms with E-state index >= 15 is 0 Å². The van der Waals surface area contributed by atoms with Gasteiger partial charge in [-0.2, -0.15) is 0 Å². The molecule has 0 spiro atoms. The zero-order chi connectivity index (χ0) is 40.7. The van der Waals surface area contributed by atoms with Gasteiger partial charge >= 0.3 is 6.09 Å². The van der Waals surface area contributed by atoms with Gasteiger partial charge < -0.3 is 35.8 Å². The summed E-state index contributed by atoms with van der Waals surface area (Å²) in [5.74, 6) is -9.95. The van der Waals surface area contributed by atoms with E-state index in [0.717, 1.165) is 0 Å². The Morgan fingerprint density at radius 3 is 2.06 bits per heavy atom. The van der Waals surface area contributed by atoms with Gasteiger partial charge in [0.15, 0.2) is 0 Å². The lowest BCUT2D eigenvalue weighted by molar-refractivity contribution is -0.145. The summed E-state index contributed by atoms with van der Waals surface area (Å²) in [5, 5.41) is 9.88. The molecule has 298 valence electrons. The van der Waals surface area contributed by atoms with Crippen LogP contribution < -0.4 is 21.3 Å². The molecule has 7 atom stereocenters. The van der Waals surface area contributed by atoms with Gasteiger partial charge in [-0.3, -0.25) is 28.8 Å². The lowest BCUT2D eigenvalue weighted by Crippen LogP contribution is -2.61. The number of amides is 6. The molecule has 2 saturated carbocycles. The van der Waals surface area contributed by atoms with Crippen molar-refractivity contribution >= 4 is 41.4 Å². The Hall–Kier alpha value is -4.63. The largest absolute Gasteiger partial charge is 0.444 e. The minimum absolute atomic E-state index is 0.0952. The van der Waals surface area contributed by atoms with Gasteiger partial charge in [-0.25, -0.2) is 13.6 Å². The summed E-state index contributed by atoms with van der Waals surface area (Å²) in [6, 6.07) is 3.36. The number of halogens is 2. The number of alkyl carbamates (subject to hydrolysis) is 1. The van der Waals surface area contributed by atoms with Crippen LogP contribution in [-0.4, -0.2) is 108 Å². The first-order chi connectivity index (χ1) is 24.8. The summed E-state index contributed by atoms with van der Waals surface area (Å²) >= 11 is 0. The molecule has 4 N–H and O–H groups in total. The summed E-state index contributed by atoms with van der Waals surface area (Å²) in [4.78, 5) is 96.1. The normalized spacial score (nSPS) is 23.7. The van der Waals surface area contributed by atoms with E-state index in [-0.39, 0.29) is 23.8 Å². The molecule has 1 heterocycles. The van der Waals surface area contributed by atoms with E-state index < -0.39 is 108 Å². The highest BCUT2D eigenvalue weighted by Crippen LogP contribution is 2.65. The van der Waals surface area contributed by atoms with Gasteiger partial charge in [0.2, 0.25) is 29.4 Å². The molecule has 0 bridgehead atoms. The quantitative estimate of drug-likeness (QED) is 0.221. The Balaban J connectivity index is 1.50. The molecule has 1 aromatic carbocycles. The van der Waals surface area contributed by atoms with E-state index in [2.05, 4.69) is 21.3 Å². The van der Waals surface area contributed by atoms with Crippen LogP contribution >= 0.6 is 0 Å². The van der Waals surface area contributed by atoms with Crippen molar-refractivity contribution in [3.8, 4) is 0 Å². The first-order valence-electron chi connectivity index (χ1n) is 18.1. The minimum Gasteiger partial charge on any atom is -0.444 e. The van der Waals surface area contributed by atoms with Crippen LogP contribution in [-0.2, 0) is 33.5 Å². The first-order valence-corrected chi connectivity index (χ1v) is 18.1. The minimum atomic E-state index is -3.09. The number of ether oxygens (including phenoxy) is 1. The summed E-state index contributed by atoms with van der Waals surface area (Å²) < 4.78 is 33.7. The molecule has 4 rings (SSSR count). The lowest BCUT2D eigenvalue weighted by atomic mass is 9.85. The number of ketones is 1. The monoisotopic (exact) mass is 760 g/mol. The third-order valence-corrected chi connectivity index (χ3v) is 10.4. The summed E-state index contributed by atoms with van der Waals surface area (Å²) in [6.45, 7) is 13.6. The third kappa shape index (κ3) is 9.72. The molecular formula is C38H54F2N6O8. The average molecular weight is 761 g/mol. The maximum Gasteiger partial charge on any atom is 0.408 e. The highest BCUT2D eigenvalue weighted by atomic mass is 19.3. The van der Waals surface area contributed by atoms with E-state index in [0.29, 0.717) is 5.56 Å². The van der Waals surface area contributed by atoms with Crippen LogP contribution in [0.4, 0.5) is 13.6 Å². The number of alkyl halides is 2. The fourth-order valence-corrected chi connectivity index (χ4v) is 7.16. The predicted molar refractivity (Wildman–Crippen MR) is 193 cm³/mol. The van der Waals surface area contributed by atoms with Crippen molar-refractivity contribution in [2.24, 2.45) is 28.6 Å². The van der Waals surface area contributed by atoms with Crippen molar-refractivity contribution in [1.29, 1.82) is 0 Å². The molecule has 54 heavy (non-hydrogen) atoms. The van der Waals surface area contributed by atoms with Gasteiger partial charge in [-0.15, -0.1) is 0 Å². The Labute approximate surface area is 314 Å². The van der Waals surface area contributed by atoms with Crippen molar-refractivity contribution in [2.45, 2.75) is 104 Å². The Morgan fingerprint density at radius 2 is 1.54 bits per heavy atom. The molecule has 1 aliphatic heterocycles. The SMILES string of the molecule is CN(C)C(=O)C(NC(=O)CNC(=O)C(=O)C(CC1CC1(F)F)NC(=O)[C@@H]1[C@@H]2[C@H](CN1C(=O)[C@@H](NC(=O)OC(C)(C)C)C(C)(C)C)C2(C)C)c1ccccc1. The van der Waals surface area contributed by atoms with Crippen LogP contribution in [0.15, 0.2) is 30.3 Å². The van der Waals surface area contributed by atoms with Crippen LogP contribution in [0, 0.1) is 28.6 Å². The zero-order valence-corrected chi connectivity index (χ0v) is 32.7. The predicted octanol–water partition coefficient (Wildman–Crippen LogP) is 2.57. The van der Waals surface area contributed by atoms with E-state index in [4.69, 9.17) is 4.74 Å². The second kappa shape index (κ2) is 15.2. The van der Waals surface area contributed by atoms with E-state index in [1.165, 1.54) is 23.9 Å². The third-order valence-electron chi connectivity index (χ3n) is 10.4. The van der Waals surface area contributed by atoms with Crippen molar-refractivity contribution in [3.63, 3.8) is 0 Å². The summed E-state index contributed by atoms with van der Waals surface area (Å²) in [6.07, 6.45) is -1.91. The molecule has 0 radical (unpaired) electrons. The molecule has 3 aliphatic rings. The number of carbonyl (C=O) groups excluding carboxylic acids is 7. The van der Waals surface area contributed by atoms with Gasteiger partial charge in [0.25, 0.3) is 11.8 Å². The van der Waals surface area contributed by atoms with Crippen LogP contribution in [0.25, 0.3) is 0 Å². The molecule has 3 unspecified atom stereocenters. The Morgan fingerprint density at radius 1 is 0.944 bits per heavy atom. The van der Waals surface area contributed by atoms with Crippen LogP contribution in [0.3, 0.4) is 0 Å². The van der Waals surface area contributed by atoms with Crippen LogP contribution in [0.5, 0.6) is 0 Å². The topological polar surface area (TPSA) is 183 Å². The first kappa shape index (κ1) is 42.1. The van der Waals surface area contributed by atoms with Crippen LogP contribution in [0.1, 0.15) is 79.8 Å². The molecule has 3 fully saturated rings. The molecule has 6 amide bonds. The highest BCUT2D eigenvalue weighted by Gasteiger charge is 2.70. The number of likely N-dealkylation sites (N-methyl/N-ethyl adjacent to an activating group) is 1. The molecule has 16 heteroatoms. The highest BCUT2D eigenvalue weighted by molar-refractivity contribution is 6.38. The number of rotatable bonds is 13. The van der Waals surface area contributed by atoms with Crippen molar-refractivity contribution in [2.75, 3.05) is 27.2 Å². The second-order valence-corrected chi connectivity index (χ2v) is 17.5. The smallest absolute Gasteiger partial charge is 0.408 e. The fraction of sp³-hybridized carbons (Fsp3) is 0.658. The Kier molecular flexibility index (Phi) is 11.9. The Bertz CT molecular complexity index is 1650. The number of piperidine rings is 1. The van der Waals surface area contributed by atoms with E-state index in [1.807, 2.05) is 13.8 Å². The second-order valence-electron chi connectivity index (χ2n) is 17.5. The molecule has 2 aliphatic carbocycles. The van der Waals surface area contributed by atoms with Crippen molar-refractivity contribution in [3.05, 3.63) is 35.9 Å². The average Bonchev–Trinajstić information content (AvgIpc) is 3.72. The number of Topliss-reactive ketones (excluding diaryl/α,β-unsaturated/α-hetero) is 1. The molecule has 1 saturated heterocycles. The van der Waals surface area contributed by atoms with Gasteiger partial charge in [-0.05, 0) is 55.4 Å². The number of nitrogens with zero attached hydrogens (tertiary/aromatic N) is 2. The number of carbonyl (C=O) groups is 7. The maximum atomic E-state index is 14.2. The number of nitrogens with one attached hydrogen (secondary N) is 4. The zero-order valence-electron chi connectivity index (χ0n) is 32.7. The van der Waals surface area contributed by atoms with Gasteiger partial charge in [0.1, 0.15) is 23.7 Å². The standard InChI is InChI=1S/C38H54F2N6O8/c1-35(2,3)29(44-34(53)54-36(4,5)6)33(52)46-19-22-25(37(22,7)8)27(46)30(49)42-23(16-21-17-38(21,39)40)28(48)31(50)41-18-24(47)43-26(32(51)45(9)10)20-14-12-11-13-15-20/h11-15,21-23,25-27,29H,16-19H2,1-10H3,(H,41,50)(H,42,49)(H,43,47)(H,44,53)/t21?,22-,23?,25-,26?,27-,29+/m0/s1. The lowest BCUT2D eigenvalue weighted by Gasteiger charge is -2.38. The number of hydrogen-bond acceptors (Lipinski definition) is 8. The van der Waals surface area contributed by atoms with Crippen molar-refractivity contribution < 1.29 is 47.1 Å². The molecule has 0 aromatic heterocycles. The summed E-state index contributed by atoms with van der Waals surface area (Å²) in [5.41, 5.74) is -1.55. The van der Waals surface area contributed by atoms with E-state index in [9.17, 15) is 42.3 Å². The van der Waals surface area contributed by atoms with E-state index in [1.54, 1.807) is 71.9 Å². The number of hydrogen-bond donors (Lipinski definition) is 4. The number of benzene rings is 1. The molecule has 1 aromatic rings. The fourth-order valence-electron chi connectivity index (χ4n) is 7.16. The number of likely N-dealkylation sites (tertiary alicyclic amines) is 1. The summed E-state index contributed by atoms with van der Waals surface area (Å²) in [7, 11) is 3.02. The molecule has 14 nitrogen and oxygen atoms in total. The van der Waals surface area contributed by atoms with Gasteiger partial charge in [0, 0.05) is 33.0 Å². The van der Waals surface area contributed by atoms with Gasteiger partial charge in [-0.1, -0.05) is 65.0 Å². The van der Waals surface area contributed by atoms with Crippen LogP contribution in [0.2, 0.25) is 0 Å².